The number of hydrogen-bond donors (Lipinski definition) is 2. The first-order valence-electron chi connectivity index (χ1n) is 8.49. The molecule has 1 aromatic carbocycles. The number of fused-ring (bicyclic) bond motifs is 2. The number of methoxy groups -OCH3 is 1. The Morgan fingerprint density at radius 1 is 1.33 bits per heavy atom. The van der Waals surface area contributed by atoms with Crippen LogP contribution in [-0.4, -0.2) is 31.6 Å². The predicted octanol–water partition coefficient (Wildman–Crippen LogP) is 3.35. The van der Waals surface area contributed by atoms with E-state index in [9.17, 15) is 4.79 Å². The monoisotopic (exact) mass is 372 g/mol. The minimum absolute atomic E-state index is 0. The number of hydrogen-bond acceptors (Lipinski definition) is 3. The molecule has 2 fully saturated rings. The van der Waals surface area contributed by atoms with Gasteiger partial charge in [-0.25, -0.2) is 0 Å². The number of carbonyl (C=O) groups excluding carboxylic acids is 1. The molecule has 1 aromatic rings. The molecular formula is C18H26Cl2N2O2. The molecule has 2 unspecified atom stereocenters. The highest BCUT2D eigenvalue weighted by molar-refractivity contribution is 6.31. The van der Waals surface area contributed by atoms with Crippen LogP contribution in [0.5, 0.6) is 5.75 Å². The average molecular weight is 373 g/mol. The second-order valence-electron chi connectivity index (χ2n) is 6.74. The molecule has 2 bridgehead atoms. The molecule has 0 aliphatic carbocycles. The number of nitrogens with one attached hydrogen (secondary N) is 2. The molecule has 1 amide bonds. The molecule has 2 aliphatic rings. The number of rotatable bonds is 6. The van der Waals surface area contributed by atoms with Crippen LogP contribution in [0, 0.1) is 5.92 Å². The summed E-state index contributed by atoms with van der Waals surface area (Å²) < 4.78 is 5.14. The van der Waals surface area contributed by atoms with E-state index in [0.29, 0.717) is 36.0 Å². The summed E-state index contributed by atoms with van der Waals surface area (Å²) in [7, 11) is 1.62. The maximum absolute atomic E-state index is 12.1. The van der Waals surface area contributed by atoms with Crippen molar-refractivity contribution in [1.29, 1.82) is 0 Å². The van der Waals surface area contributed by atoms with E-state index in [1.165, 1.54) is 12.8 Å². The molecule has 2 heterocycles. The summed E-state index contributed by atoms with van der Waals surface area (Å²) in [4.78, 5) is 12.1. The van der Waals surface area contributed by atoms with Gasteiger partial charge < -0.3 is 15.4 Å². The highest BCUT2D eigenvalue weighted by Gasteiger charge is 2.34. The van der Waals surface area contributed by atoms with Crippen LogP contribution in [0.4, 0.5) is 0 Å². The van der Waals surface area contributed by atoms with Gasteiger partial charge in [0.15, 0.2) is 0 Å². The topological polar surface area (TPSA) is 50.4 Å². The third kappa shape index (κ3) is 5.01. The van der Waals surface area contributed by atoms with Gasteiger partial charge in [0, 0.05) is 30.1 Å². The average Bonchev–Trinajstić information content (AvgIpc) is 2.87. The summed E-state index contributed by atoms with van der Waals surface area (Å²) in [6.07, 6.45) is 6.25. The first-order valence-corrected chi connectivity index (χ1v) is 8.87. The van der Waals surface area contributed by atoms with Crippen molar-refractivity contribution in [3.63, 3.8) is 0 Å². The van der Waals surface area contributed by atoms with Crippen LogP contribution < -0.4 is 15.4 Å². The van der Waals surface area contributed by atoms with E-state index in [1.807, 2.05) is 18.2 Å². The Balaban J connectivity index is 0.00000208. The van der Waals surface area contributed by atoms with Crippen molar-refractivity contribution >= 4 is 29.9 Å². The molecule has 134 valence electrons. The lowest BCUT2D eigenvalue weighted by Crippen LogP contribution is -2.39. The molecule has 2 aliphatic heterocycles. The van der Waals surface area contributed by atoms with Gasteiger partial charge in [0.25, 0.3) is 0 Å². The summed E-state index contributed by atoms with van der Waals surface area (Å²) in [6.45, 7) is 0.628. The lowest BCUT2D eigenvalue weighted by atomic mass is 9.89. The molecule has 2 N–H and O–H groups in total. The van der Waals surface area contributed by atoms with Gasteiger partial charge in [-0.05, 0) is 55.7 Å². The van der Waals surface area contributed by atoms with Gasteiger partial charge >= 0.3 is 0 Å². The van der Waals surface area contributed by atoms with Gasteiger partial charge in [-0.2, -0.15) is 0 Å². The Morgan fingerprint density at radius 2 is 2.04 bits per heavy atom. The molecule has 3 rings (SSSR count). The largest absolute Gasteiger partial charge is 0.497 e. The maximum Gasteiger partial charge on any atom is 0.220 e. The quantitative estimate of drug-likeness (QED) is 0.804. The van der Waals surface area contributed by atoms with E-state index in [-0.39, 0.29) is 18.3 Å². The zero-order valence-electron chi connectivity index (χ0n) is 14.0. The normalized spacial score (nSPS) is 25.0. The van der Waals surface area contributed by atoms with Gasteiger partial charge in [0.05, 0.1) is 7.11 Å². The van der Waals surface area contributed by atoms with E-state index < -0.39 is 0 Å². The van der Waals surface area contributed by atoms with Crippen molar-refractivity contribution in [2.24, 2.45) is 5.92 Å². The Bertz CT molecular complexity index is 556. The van der Waals surface area contributed by atoms with Crippen molar-refractivity contribution in [2.75, 3.05) is 13.7 Å². The molecular weight excluding hydrogens is 347 g/mol. The number of halogens is 2. The third-order valence-corrected chi connectivity index (χ3v) is 5.37. The van der Waals surface area contributed by atoms with Gasteiger partial charge in [-0.1, -0.05) is 17.7 Å². The first kappa shape index (κ1) is 19.4. The molecule has 0 aromatic heterocycles. The zero-order valence-corrected chi connectivity index (χ0v) is 15.6. The van der Waals surface area contributed by atoms with Gasteiger partial charge in [0.2, 0.25) is 5.91 Å². The van der Waals surface area contributed by atoms with Gasteiger partial charge in [-0.3, -0.25) is 4.79 Å². The molecule has 0 radical (unpaired) electrons. The summed E-state index contributed by atoms with van der Waals surface area (Å²) in [6, 6.07) is 6.95. The molecule has 24 heavy (non-hydrogen) atoms. The lowest BCUT2D eigenvalue weighted by molar-refractivity contribution is -0.122. The first-order chi connectivity index (χ1) is 11.1. The maximum atomic E-state index is 12.1. The Hall–Kier alpha value is -0.970. The standard InChI is InChI=1S/C18H25ClN2O2.ClH/c1-23-16-5-2-13(17(19)11-16)6-7-20-18(22)10-12-8-14-3-4-15(9-12)21-14;/h2,5,11-12,14-15,21H,3-4,6-10H2,1H3,(H,20,22);1H. The number of carbonyl (C=O) groups is 1. The minimum Gasteiger partial charge on any atom is -0.497 e. The summed E-state index contributed by atoms with van der Waals surface area (Å²) in [5, 5.41) is 7.34. The van der Waals surface area contributed by atoms with Gasteiger partial charge in [0.1, 0.15) is 5.75 Å². The second kappa shape index (κ2) is 8.93. The third-order valence-electron chi connectivity index (χ3n) is 5.02. The predicted molar refractivity (Wildman–Crippen MR) is 99.3 cm³/mol. The molecule has 2 saturated heterocycles. The van der Waals surface area contributed by atoms with Crippen molar-refractivity contribution in [3.8, 4) is 5.75 Å². The van der Waals surface area contributed by atoms with Crippen LogP contribution in [0.1, 0.15) is 37.7 Å². The number of amides is 1. The molecule has 0 saturated carbocycles. The van der Waals surface area contributed by atoms with E-state index in [0.717, 1.165) is 30.6 Å². The Labute approximate surface area is 155 Å². The van der Waals surface area contributed by atoms with Crippen molar-refractivity contribution in [1.82, 2.24) is 10.6 Å². The number of piperidine rings is 1. The van der Waals surface area contributed by atoms with Crippen LogP contribution in [0.15, 0.2) is 18.2 Å². The van der Waals surface area contributed by atoms with Crippen LogP contribution in [0.25, 0.3) is 0 Å². The van der Waals surface area contributed by atoms with Crippen molar-refractivity contribution < 1.29 is 9.53 Å². The van der Waals surface area contributed by atoms with Crippen LogP contribution in [0.2, 0.25) is 5.02 Å². The SMILES string of the molecule is COc1ccc(CCNC(=O)CC2CC3CCC(C2)N3)c(Cl)c1.Cl. The van der Waals surface area contributed by atoms with Crippen LogP contribution >= 0.6 is 24.0 Å². The van der Waals surface area contributed by atoms with E-state index in [2.05, 4.69) is 10.6 Å². The number of benzene rings is 1. The summed E-state index contributed by atoms with van der Waals surface area (Å²) >= 11 is 6.22. The minimum atomic E-state index is 0. The van der Waals surface area contributed by atoms with E-state index in [4.69, 9.17) is 16.3 Å². The smallest absolute Gasteiger partial charge is 0.220 e. The molecule has 4 nitrogen and oxygen atoms in total. The Kier molecular flexibility index (Phi) is 7.20. The molecule has 2 atom stereocenters. The Morgan fingerprint density at radius 3 is 2.67 bits per heavy atom. The summed E-state index contributed by atoms with van der Waals surface area (Å²) in [5.41, 5.74) is 1.03. The number of ether oxygens (including phenoxy) is 1. The lowest BCUT2D eigenvalue weighted by Gasteiger charge is -2.28. The highest BCUT2D eigenvalue weighted by atomic mass is 35.5. The van der Waals surface area contributed by atoms with E-state index >= 15 is 0 Å². The van der Waals surface area contributed by atoms with Crippen molar-refractivity contribution in [3.05, 3.63) is 28.8 Å². The zero-order chi connectivity index (χ0) is 16.2. The van der Waals surface area contributed by atoms with Crippen molar-refractivity contribution in [2.45, 2.75) is 50.6 Å². The highest BCUT2D eigenvalue weighted by Crippen LogP contribution is 2.32. The fourth-order valence-corrected chi connectivity index (χ4v) is 4.14. The fourth-order valence-electron chi connectivity index (χ4n) is 3.87. The fraction of sp³-hybridized carbons (Fsp3) is 0.611. The molecule has 6 heteroatoms. The van der Waals surface area contributed by atoms with Crippen LogP contribution in [0.3, 0.4) is 0 Å². The van der Waals surface area contributed by atoms with Gasteiger partial charge in [-0.15, -0.1) is 12.4 Å². The van der Waals surface area contributed by atoms with Crippen LogP contribution in [-0.2, 0) is 11.2 Å². The van der Waals surface area contributed by atoms with E-state index in [1.54, 1.807) is 7.11 Å². The summed E-state index contributed by atoms with van der Waals surface area (Å²) in [5.74, 6) is 1.46. The second-order valence-corrected chi connectivity index (χ2v) is 7.14. The molecule has 0 spiro atoms.